The van der Waals surface area contributed by atoms with Gasteiger partial charge in [-0.1, -0.05) is 12.1 Å². The molecule has 3 rings (SSSR count). The monoisotopic (exact) mass is 378 g/mol. The fourth-order valence-corrected chi connectivity index (χ4v) is 3.34. The molecule has 9 nitrogen and oxygen atoms in total. The molecule has 1 N–H and O–H groups in total. The highest BCUT2D eigenvalue weighted by Crippen LogP contribution is 2.06. The molecule has 0 bridgehead atoms. The van der Waals surface area contributed by atoms with Gasteiger partial charge in [0.05, 0.1) is 12.3 Å². The summed E-state index contributed by atoms with van der Waals surface area (Å²) in [5.74, 6) is -0.331. The van der Waals surface area contributed by atoms with Crippen LogP contribution in [0.3, 0.4) is 0 Å². The first-order valence-corrected chi connectivity index (χ1v) is 9.23. The molecular weight excluding hydrogens is 363 g/mol. The van der Waals surface area contributed by atoms with Crippen molar-refractivity contribution in [2.75, 3.05) is 6.54 Å². The Balaban J connectivity index is 1.63. The molecule has 0 aliphatic carbocycles. The highest BCUT2D eigenvalue weighted by atomic mass is 32.2. The van der Waals surface area contributed by atoms with Gasteiger partial charge in [-0.2, -0.15) is 5.10 Å². The molecule has 0 aliphatic rings. The molecule has 136 valence electrons. The number of sulfonamides is 1. The number of hydrogen-bond donors (Lipinski definition) is 1. The SMILES string of the molecule is O=c1ccc(-n2cncn2)nn1CCNS(=O)(=O)Cc1ccc(F)cc1. The fourth-order valence-electron chi connectivity index (χ4n) is 2.21. The van der Waals surface area contributed by atoms with E-state index in [2.05, 4.69) is 19.9 Å². The third-order valence-electron chi connectivity index (χ3n) is 3.42. The molecule has 11 heteroatoms. The summed E-state index contributed by atoms with van der Waals surface area (Å²) in [5, 5.41) is 8.04. The first kappa shape index (κ1) is 17.9. The minimum Gasteiger partial charge on any atom is -0.268 e. The molecule has 1 aromatic carbocycles. The summed E-state index contributed by atoms with van der Waals surface area (Å²) in [5.41, 5.74) is 0.0916. The second-order valence-corrected chi connectivity index (χ2v) is 7.18. The summed E-state index contributed by atoms with van der Waals surface area (Å²) in [7, 11) is -3.63. The Morgan fingerprint density at radius 2 is 1.88 bits per heavy atom. The van der Waals surface area contributed by atoms with Crippen LogP contribution < -0.4 is 10.3 Å². The average molecular weight is 378 g/mol. The van der Waals surface area contributed by atoms with Crippen LogP contribution in [0.25, 0.3) is 5.82 Å². The lowest BCUT2D eigenvalue weighted by Gasteiger charge is -2.09. The van der Waals surface area contributed by atoms with Gasteiger partial charge in [-0.3, -0.25) is 4.79 Å². The van der Waals surface area contributed by atoms with E-state index in [1.165, 1.54) is 53.7 Å². The van der Waals surface area contributed by atoms with Crippen LogP contribution in [0.15, 0.2) is 53.8 Å². The Labute approximate surface area is 148 Å². The van der Waals surface area contributed by atoms with Crippen molar-refractivity contribution in [1.29, 1.82) is 0 Å². The Morgan fingerprint density at radius 1 is 1.12 bits per heavy atom. The largest absolute Gasteiger partial charge is 0.268 e. The van der Waals surface area contributed by atoms with Crippen molar-refractivity contribution in [2.24, 2.45) is 0 Å². The first-order chi connectivity index (χ1) is 12.4. The maximum Gasteiger partial charge on any atom is 0.266 e. The van der Waals surface area contributed by atoms with E-state index in [1.54, 1.807) is 0 Å². The Kier molecular flexibility index (Phi) is 5.19. The van der Waals surface area contributed by atoms with Crippen molar-refractivity contribution in [3.8, 4) is 5.82 Å². The third-order valence-corrected chi connectivity index (χ3v) is 4.78. The summed E-state index contributed by atoms with van der Waals surface area (Å²) < 4.78 is 41.9. The van der Waals surface area contributed by atoms with Crippen LogP contribution in [0.1, 0.15) is 5.56 Å². The van der Waals surface area contributed by atoms with Crippen molar-refractivity contribution >= 4 is 10.0 Å². The third kappa shape index (κ3) is 4.58. The lowest BCUT2D eigenvalue weighted by molar-refractivity contribution is 0.541. The van der Waals surface area contributed by atoms with Gasteiger partial charge in [0.15, 0.2) is 5.82 Å². The Bertz CT molecular complexity index is 1030. The minimum atomic E-state index is -3.63. The lowest BCUT2D eigenvalue weighted by atomic mass is 10.2. The van der Waals surface area contributed by atoms with E-state index in [-0.39, 0.29) is 24.4 Å². The van der Waals surface area contributed by atoms with Crippen LogP contribution >= 0.6 is 0 Å². The molecule has 0 saturated carbocycles. The zero-order valence-corrected chi connectivity index (χ0v) is 14.3. The number of nitrogens with zero attached hydrogens (tertiary/aromatic N) is 5. The van der Waals surface area contributed by atoms with Crippen LogP contribution in [-0.2, 0) is 22.3 Å². The van der Waals surface area contributed by atoms with Gasteiger partial charge in [0, 0.05) is 12.6 Å². The van der Waals surface area contributed by atoms with E-state index in [4.69, 9.17) is 0 Å². The summed E-state index contributed by atoms with van der Waals surface area (Å²) in [4.78, 5) is 15.7. The topological polar surface area (TPSA) is 112 Å². The number of hydrogen-bond acceptors (Lipinski definition) is 6. The fraction of sp³-hybridized carbons (Fsp3) is 0.200. The van der Waals surface area contributed by atoms with Crippen LogP contribution in [0.5, 0.6) is 0 Å². The van der Waals surface area contributed by atoms with Crippen molar-refractivity contribution < 1.29 is 12.8 Å². The number of halogens is 1. The van der Waals surface area contributed by atoms with Gasteiger partial charge in [0.25, 0.3) is 5.56 Å². The predicted octanol–water partition coefficient (Wildman–Crippen LogP) is 0.0827. The molecular formula is C15H15FN6O3S. The van der Waals surface area contributed by atoms with Crippen LogP contribution in [-0.4, -0.2) is 39.5 Å². The first-order valence-electron chi connectivity index (χ1n) is 7.58. The number of aromatic nitrogens is 5. The molecule has 0 spiro atoms. The highest BCUT2D eigenvalue weighted by Gasteiger charge is 2.12. The van der Waals surface area contributed by atoms with Crippen molar-refractivity contribution in [2.45, 2.75) is 12.3 Å². The summed E-state index contributed by atoms with van der Waals surface area (Å²) >= 11 is 0. The highest BCUT2D eigenvalue weighted by molar-refractivity contribution is 7.88. The molecule has 2 heterocycles. The zero-order valence-electron chi connectivity index (χ0n) is 13.5. The molecule has 0 atom stereocenters. The van der Waals surface area contributed by atoms with Gasteiger partial charge in [-0.05, 0) is 23.8 Å². The summed E-state index contributed by atoms with van der Waals surface area (Å²) in [6.45, 7) is 0.0290. The molecule has 26 heavy (non-hydrogen) atoms. The van der Waals surface area contributed by atoms with Gasteiger partial charge < -0.3 is 0 Å². The second kappa shape index (κ2) is 7.54. The van der Waals surface area contributed by atoms with Gasteiger partial charge in [0.1, 0.15) is 18.5 Å². The van der Waals surface area contributed by atoms with Gasteiger partial charge >= 0.3 is 0 Å². The smallest absolute Gasteiger partial charge is 0.266 e. The van der Waals surface area contributed by atoms with Gasteiger partial charge in [-0.15, -0.1) is 5.10 Å². The molecule has 0 unspecified atom stereocenters. The number of benzene rings is 1. The van der Waals surface area contributed by atoms with Crippen molar-refractivity contribution in [3.05, 3.63) is 70.8 Å². The van der Waals surface area contributed by atoms with E-state index >= 15 is 0 Å². The summed E-state index contributed by atoms with van der Waals surface area (Å²) in [6, 6.07) is 8.02. The van der Waals surface area contributed by atoms with E-state index in [1.807, 2.05) is 0 Å². The molecule has 2 aromatic heterocycles. The van der Waals surface area contributed by atoms with E-state index in [9.17, 15) is 17.6 Å². The normalized spacial score (nSPS) is 11.6. The minimum absolute atomic E-state index is 0.0166. The van der Waals surface area contributed by atoms with Crippen LogP contribution in [0, 0.1) is 5.82 Å². The Morgan fingerprint density at radius 3 is 2.58 bits per heavy atom. The molecule has 0 saturated heterocycles. The maximum atomic E-state index is 12.9. The van der Waals surface area contributed by atoms with Crippen LogP contribution in [0.4, 0.5) is 4.39 Å². The van der Waals surface area contributed by atoms with Gasteiger partial charge in [0.2, 0.25) is 10.0 Å². The summed E-state index contributed by atoms with van der Waals surface area (Å²) in [6.07, 6.45) is 2.77. The van der Waals surface area contributed by atoms with E-state index in [0.29, 0.717) is 11.4 Å². The van der Waals surface area contributed by atoms with Crippen molar-refractivity contribution in [1.82, 2.24) is 29.3 Å². The van der Waals surface area contributed by atoms with E-state index in [0.717, 1.165) is 4.68 Å². The standard InChI is InChI=1S/C15H15FN6O3S/c16-13-3-1-12(2-4-13)9-26(24,25)19-7-8-21-15(23)6-5-14(20-21)22-11-17-10-18-22/h1-6,10-11,19H,7-9H2. The van der Waals surface area contributed by atoms with E-state index < -0.39 is 15.8 Å². The van der Waals surface area contributed by atoms with Crippen molar-refractivity contribution in [3.63, 3.8) is 0 Å². The van der Waals surface area contributed by atoms with Crippen LogP contribution in [0.2, 0.25) is 0 Å². The quantitative estimate of drug-likeness (QED) is 0.623. The lowest BCUT2D eigenvalue weighted by Crippen LogP contribution is -2.33. The molecule has 0 radical (unpaired) electrons. The Hall–Kier alpha value is -2.92. The van der Waals surface area contributed by atoms with Gasteiger partial charge in [-0.25, -0.2) is 31.9 Å². The average Bonchev–Trinajstić information content (AvgIpc) is 3.13. The molecule has 0 aliphatic heterocycles. The predicted molar refractivity (Wildman–Crippen MR) is 90.4 cm³/mol. The number of rotatable bonds is 7. The molecule has 3 aromatic rings. The zero-order chi connectivity index (χ0) is 18.6. The maximum absolute atomic E-state index is 12.9. The second-order valence-electron chi connectivity index (χ2n) is 5.37. The number of nitrogens with one attached hydrogen (secondary N) is 1. The molecule has 0 amide bonds. The molecule has 0 fully saturated rings.